The minimum atomic E-state index is -1.07. The maximum absolute atomic E-state index is 13.0. The number of aromatic nitrogens is 3. The highest BCUT2D eigenvalue weighted by molar-refractivity contribution is 5.99. The fraction of sp³-hybridized carbons (Fsp3) is 0.286. The van der Waals surface area contributed by atoms with Gasteiger partial charge in [-0.15, -0.1) is 0 Å². The molecule has 0 unspecified atom stereocenters. The molecule has 2 heterocycles. The summed E-state index contributed by atoms with van der Waals surface area (Å²) in [6.07, 6.45) is 7.78. The number of rotatable bonds is 7. The Labute approximate surface area is 203 Å². The van der Waals surface area contributed by atoms with Crippen LogP contribution in [-0.2, 0) is 11.2 Å². The number of aliphatic carboxylic acids is 1. The number of pyridine rings is 1. The van der Waals surface area contributed by atoms with Crippen molar-refractivity contribution in [1.29, 1.82) is 0 Å². The standard InChI is InChI=1S/C28H28N4O3/c33-27(31-24(28(34)35)17-19-9-3-1-4-10-19)20-14-15-25-23(18-20)30-26(22-13-7-8-16-29-22)32(25)21-11-5-2-6-12-21/h1,3-4,7-10,13-16,18,21,24H,2,5-6,11-12,17H2,(H,31,33)(H,34,35)/t24-/m0/s1. The van der Waals surface area contributed by atoms with Crippen LogP contribution in [0.4, 0.5) is 0 Å². The van der Waals surface area contributed by atoms with Gasteiger partial charge in [0, 0.05) is 24.2 Å². The molecule has 0 saturated heterocycles. The number of hydrogen-bond acceptors (Lipinski definition) is 4. The first-order valence-corrected chi connectivity index (χ1v) is 12.1. The van der Waals surface area contributed by atoms with Gasteiger partial charge in [0.1, 0.15) is 11.7 Å². The van der Waals surface area contributed by atoms with Gasteiger partial charge in [0.25, 0.3) is 5.91 Å². The average Bonchev–Trinajstić information content (AvgIpc) is 3.28. The zero-order chi connectivity index (χ0) is 24.2. The van der Waals surface area contributed by atoms with Gasteiger partial charge in [-0.05, 0) is 48.7 Å². The molecule has 178 valence electrons. The Kier molecular flexibility index (Phi) is 6.57. The van der Waals surface area contributed by atoms with Crippen molar-refractivity contribution in [2.45, 2.75) is 50.6 Å². The molecule has 2 aromatic heterocycles. The molecule has 7 heteroatoms. The molecule has 1 atom stereocenters. The van der Waals surface area contributed by atoms with Gasteiger partial charge < -0.3 is 15.0 Å². The highest BCUT2D eigenvalue weighted by Gasteiger charge is 2.25. The van der Waals surface area contributed by atoms with Crippen LogP contribution >= 0.6 is 0 Å². The van der Waals surface area contributed by atoms with Crippen LogP contribution in [0.3, 0.4) is 0 Å². The third-order valence-corrected chi connectivity index (χ3v) is 6.67. The summed E-state index contributed by atoms with van der Waals surface area (Å²) < 4.78 is 2.27. The molecule has 2 aromatic carbocycles. The molecule has 1 amide bonds. The molecule has 1 saturated carbocycles. The van der Waals surface area contributed by atoms with Gasteiger partial charge in [-0.3, -0.25) is 9.78 Å². The van der Waals surface area contributed by atoms with Crippen LogP contribution in [0.2, 0.25) is 0 Å². The molecule has 0 bridgehead atoms. The molecule has 0 radical (unpaired) electrons. The van der Waals surface area contributed by atoms with Crippen LogP contribution in [-0.4, -0.2) is 37.6 Å². The number of carbonyl (C=O) groups is 2. The predicted molar refractivity (Wildman–Crippen MR) is 134 cm³/mol. The van der Waals surface area contributed by atoms with E-state index in [9.17, 15) is 14.7 Å². The summed E-state index contributed by atoms with van der Waals surface area (Å²) in [6.45, 7) is 0. The molecule has 7 nitrogen and oxygen atoms in total. The SMILES string of the molecule is O=C(N[C@@H](Cc1ccccc1)C(=O)O)c1ccc2c(c1)nc(-c1ccccn1)n2C1CCCCC1. The molecule has 0 spiro atoms. The van der Waals surface area contributed by atoms with Gasteiger partial charge in [0.2, 0.25) is 0 Å². The summed E-state index contributed by atoms with van der Waals surface area (Å²) >= 11 is 0. The Morgan fingerprint density at radius 1 is 1.00 bits per heavy atom. The number of benzene rings is 2. The summed E-state index contributed by atoms with van der Waals surface area (Å²) in [6, 6.07) is 19.8. The topological polar surface area (TPSA) is 97.1 Å². The van der Waals surface area contributed by atoms with E-state index in [2.05, 4.69) is 14.9 Å². The van der Waals surface area contributed by atoms with Crippen LogP contribution < -0.4 is 5.32 Å². The molecule has 4 aromatic rings. The lowest BCUT2D eigenvalue weighted by atomic mass is 9.95. The Hall–Kier alpha value is -4.00. The minimum absolute atomic E-state index is 0.213. The number of carboxylic acids is 1. The van der Waals surface area contributed by atoms with E-state index in [1.165, 1.54) is 19.3 Å². The first-order chi connectivity index (χ1) is 17.1. The van der Waals surface area contributed by atoms with E-state index in [1.54, 1.807) is 18.3 Å². The second kappa shape index (κ2) is 10.1. The van der Waals surface area contributed by atoms with Crippen molar-refractivity contribution in [2.24, 2.45) is 0 Å². The summed E-state index contributed by atoms with van der Waals surface area (Å²) in [7, 11) is 0. The van der Waals surface area contributed by atoms with Crippen molar-refractivity contribution >= 4 is 22.9 Å². The van der Waals surface area contributed by atoms with Crippen molar-refractivity contribution in [1.82, 2.24) is 19.9 Å². The number of amides is 1. The van der Waals surface area contributed by atoms with Crippen molar-refractivity contribution in [2.75, 3.05) is 0 Å². The van der Waals surface area contributed by atoms with Crippen LogP contribution in [0.15, 0.2) is 72.9 Å². The normalized spacial score (nSPS) is 15.1. The lowest BCUT2D eigenvalue weighted by Crippen LogP contribution is -2.42. The summed E-state index contributed by atoms with van der Waals surface area (Å²) in [5, 5.41) is 12.4. The molecule has 5 rings (SSSR count). The molecule has 1 fully saturated rings. The Morgan fingerprint density at radius 3 is 2.49 bits per heavy atom. The lowest BCUT2D eigenvalue weighted by Gasteiger charge is -2.25. The quantitative estimate of drug-likeness (QED) is 0.397. The minimum Gasteiger partial charge on any atom is -0.480 e. The van der Waals surface area contributed by atoms with E-state index >= 15 is 0 Å². The first kappa shape index (κ1) is 22.8. The van der Waals surface area contributed by atoms with Crippen molar-refractivity contribution in [3.05, 3.63) is 84.1 Å². The summed E-state index contributed by atoms with van der Waals surface area (Å²) in [5.41, 5.74) is 3.71. The van der Waals surface area contributed by atoms with Gasteiger partial charge in [-0.25, -0.2) is 9.78 Å². The number of fused-ring (bicyclic) bond motifs is 1. The number of carbonyl (C=O) groups excluding carboxylic acids is 1. The van der Waals surface area contributed by atoms with Crippen molar-refractivity contribution in [3.8, 4) is 11.5 Å². The maximum Gasteiger partial charge on any atom is 0.326 e. The van der Waals surface area contributed by atoms with Crippen LogP contribution in [0, 0.1) is 0 Å². The average molecular weight is 469 g/mol. The third-order valence-electron chi connectivity index (χ3n) is 6.67. The Balaban J connectivity index is 1.46. The molecule has 35 heavy (non-hydrogen) atoms. The number of hydrogen-bond donors (Lipinski definition) is 2. The van der Waals surface area contributed by atoms with Crippen LogP contribution in [0.25, 0.3) is 22.6 Å². The summed E-state index contributed by atoms with van der Waals surface area (Å²) in [4.78, 5) is 34.3. The van der Waals surface area contributed by atoms with Gasteiger partial charge in [0.15, 0.2) is 5.82 Å². The molecular weight excluding hydrogens is 440 g/mol. The monoisotopic (exact) mass is 468 g/mol. The van der Waals surface area contributed by atoms with Crippen LogP contribution in [0.1, 0.15) is 54.1 Å². The highest BCUT2D eigenvalue weighted by atomic mass is 16.4. The van der Waals surface area contributed by atoms with Gasteiger partial charge in [0.05, 0.1) is 11.0 Å². The Bertz CT molecular complexity index is 1330. The zero-order valence-electron chi connectivity index (χ0n) is 19.4. The number of imidazole rings is 1. The van der Waals surface area contributed by atoms with E-state index < -0.39 is 17.9 Å². The fourth-order valence-electron chi connectivity index (χ4n) is 4.92. The van der Waals surface area contributed by atoms with E-state index in [4.69, 9.17) is 4.98 Å². The van der Waals surface area contributed by atoms with Crippen LogP contribution in [0.5, 0.6) is 0 Å². The van der Waals surface area contributed by atoms with Gasteiger partial charge in [-0.1, -0.05) is 55.7 Å². The zero-order valence-corrected chi connectivity index (χ0v) is 19.4. The second-order valence-corrected chi connectivity index (χ2v) is 9.07. The molecular formula is C28H28N4O3. The maximum atomic E-state index is 13.0. The molecule has 1 aliphatic carbocycles. The largest absolute Gasteiger partial charge is 0.480 e. The van der Waals surface area contributed by atoms with E-state index in [0.29, 0.717) is 17.1 Å². The number of carboxylic acid groups (broad SMARTS) is 1. The molecule has 0 aliphatic heterocycles. The first-order valence-electron chi connectivity index (χ1n) is 12.1. The van der Waals surface area contributed by atoms with Crippen molar-refractivity contribution < 1.29 is 14.7 Å². The highest BCUT2D eigenvalue weighted by Crippen LogP contribution is 2.35. The van der Waals surface area contributed by atoms with E-state index in [1.807, 2.05) is 54.6 Å². The Morgan fingerprint density at radius 2 is 1.77 bits per heavy atom. The van der Waals surface area contributed by atoms with Gasteiger partial charge >= 0.3 is 5.97 Å². The smallest absolute Gasteiger partial charge is 0.326 e. The summed E-state index contributed by atoms with van der Waals surface area (Å²) in [5.74, 6) is -0.693. The van der Waals surface area contributed by atoms with E-state index in [0.717, 1.165) is 35.4 Å². The van der Waals surface area contributed by atoms with E-state index in [-0.39, 0.29) is 6.42 Å². The predicted octanol–water partition coefficient (Wildman–Crippen LogP) is 5.03. The fourth-order valence-corrected chi connectivity index (χ4v) is 4.92. The second-order valence-electron chi connectivity index (χ2n) is 9.07. The lowest BCUT2D eigenvalue weighted by molar-refractivity contribution is -0.139. The van der Waals surface area contributed by atoms with Crippen molar-refractivity contribution in [3.63, 3.8) is 0 Å². The third kappa shape index (κ3) is 4.94. The molecule has 2 N–H and O–H groups in total. The number of nitrogens with one attached hydrogen (secondary N) is 1. The van der Waals surface area contributed by atoms with Gasteiger partial charge in [-0.2, -0.15) is 0 Å². The number of nitrogens with zero attached hydrogens (tertiary/aromatic N) is 3. The molecule has 1 aliphatic rings.